The number of hydrogen-bond donors (Lipinski definition) is 0. The summed E-state index contributed by atoms with van der Waals surface area (Å²) in [7, 11) is 0. The zero-order valence-corrected chi connectivity index (χ0v) is 23.6. The molecular weight excluding hydrogens is 553 g/mol. The highest BCUT2D eigenvalue weighted by Crippen LogP contribution is 2.33. The quantitative estimate of drug-likeness (QED) is 0.187. The van der Waals surface area contributed by atoms with Crippen molar-refractivity contribution >= 4 is 21.9 Å². The number of likely N-dealkylation sites (tertiary alicyclic amines) is 1. The van der Waals surface area contributed by atoms with Crippen molar-refractivity contribution in [2.45, 2.75) is 44.7 Å². The van der Waals surface area contributed by atoms with Crippen molar-refractivity contribution in [2.24, 2.45) is 0 Å². The SMILES string of the molecule is C=C=C(N1CCc2ncc(C(F)(F)F)cc2C1)N1CCC(N(Cc2cc3ccccc3o2)Cc2cc3ccccc3o2)C1. The molecule has 2 aliphatic rings. The van der Waals surface area contributed by atoms with Crippen LogP contribution in [0.4, 0.5) is 13.2 Å². The molecule has 0 saturated carbocycles. The van der Waals surface area contributed by atoms with E-state index < -0.39 is 11.7 Å². The van der Waals surface area contributed by atoms with Gasteiger partial charge >= 0.3 is 6.18 Å². The van der Waals surface area contributed by atoms with Gasteiger partial charge in [-0.05, 0) is 42.3 Å². The number of rotatable bonds is 7. The first-order chi connectivity index (χ1) is 20.8. The summed E-state index contributed by atoms with van der Waals surface area (Å²) in [5, 5.41) is 2.14. The van der Waals surface area contributed by atoms with Crippen LogP contribution in [0.3, 0.4) is 0 Å². The van der Waals surface area contributed by atoms with E-state index >= 15 is 0 Å². The van der Waals surface area contributed by atoms with Crippen LogP contribution in [0.1, 0.15) is 34.8 Å². The number of furan rings is 2. The van der Waals surface area contributed by atoms with Gasteiger partial charge in [-0.25, -0.2) is 0 Å². The van der Waals surface area contributed by atoms with Crippen LogP contribution >= 0.6 is 0 Å². The molecule has 9 heteroatoms. The average molecular weight is 585 g/mol. The molecule has 1 unspecified atom stereocenters. The molecule has 7 rings (SSSR count). The maximum atomic E-state index is 13.4. The number of fused-ring (bicyclic) bond motifs is 3. The third-order valence-electron chi connectivity index (χ3n) is 8.47. The molecule has 0 amide bonds. The van der Waals surface area contributed by atoms with Gasteiger partial charge < -0.3 is 18.6 Å². The van der Waals surface area contributed by atoms with Gasteiger partial charge in [-0.3, -0.25) is 9.88 Å². The van der Waals surface area contributed by atoms with Gasteiger partial charge in [0.05, 0.1) is 18.7 Å². The van der Waals surface area contributed by atoms with Gasteiger partial charge in [-0.2, -0.15) is 13.2 Å². The Labute approximate surface area is 247 Å². The third kappa shape index (κ3) is 5.54. The second-order valence-electron chi connectivity index (χ2n) is 11.3. The first-order valence-electron chi connectivity index (χ1n) is 14.5. The van der Waals surface area contributed by atoms with Crippen molar-refractivity contribution < 1.29 is 22.0 Å². The molecule has 0 N–H and O–H groups in total. The molecular formula is C34H31F3N4O2. The molecule has 1 saturated heterocycles. The molecule has 3 aromatic heterocycles. The zero-order chi connectivity index (χ0) is 29.6. The van der Waals surface area contributed by atoms with E-state index in [1.165, 1.54) is 6.07 Å². The molecule has 0 radical (unpaired) electrons. The Balaban J connectivity index is 1.11. The van der Waals surface area contributed by atoms with E-state index in [2.05, 4.69) is 44.1 Å². The monoisotopic (exact) mass is 584 g/mol. The molecule has 0 bridgehead atoms. The van der Waals surface area contributed by atoms with Crippen LogP contribution in [0, 0.1) is 0 Å². The molecule has 1 atom stereocenters. The van der Waals surface area contributed by atoms with E-state index in [9.17, 15) is 13.2 Å². The van der Waals surface area contributed by atoms with E-state index in [1.54, 1.807) is 0 Å². The normalized spacial score (nSPS) is 17.2. The number of aromatic nitrogens is 1. The van der Waals surface area contributed by atoms with Crippen LogP contribution in [0.2, 0.25) is 0 Å². The molecule has 1 fully saturated rings. The molecule has 5 aromatic rings. The Hall–Kier alpha value is -4.46. The lowest BCUT2D eigenvalue weighted by Crippen LogP contribution is -2.40. The predicted molar refractivity (Wildman–Crippen MR) is 158 cm³/mol. The van der Waals surface area contributed by atoms with E-state index in [-0.39, 0.29) is 6.04 Å². The Morgan fingerprint density at radius 2 is 1.58 bits per heavy atom. The lowest BCUT2D eigenvalue weighted by molar-refractivity contribution is -0.137. The van der Waals surface area contributed by atoms with E-state index in [0.29, 0.717) is 38.2 Å². The Kier molecular flexibility index (Phi) is 7.00. The highest BCUT2D eigenvalue weighted by Gasteiger charge is 2.35. The summed E-state index contributed by atoms with van der Waals surface area (Å²) in [6.07, 6.45) is -2.02. The van der Waals surface area contributed by atoms with Crippen LogP contribution in [-0.2, 0) is 32.2 Å². The van der Waals surface area contributed by atoms with E-state index in [0.717, 1.165) is 70.7 Å². The van der Waals surface area contributed by atoms with Gasteiger partial charge in [-0.15, -0.1) is 0 Å². The van der Waals surface area contributed by atoms with E-state index in [4.69, 9.17) is 8.83 Å². The fourth-order valence-electron chi connectivity index (χ4n) is 6.36. The van der Waals surface area contributed by atoms with Crippen molar-refractivity contribution in [1.82, 2.24) is 19.7 Å². The minimum Gasteiger partial charge on any atom is -0.460 e. The van der Waals surface area contributed by atoms with Crippen LogP contribution < -0.4 is 0 Å². The Morgan fingerprint density at radius 1 is 0.930 bits per heavy atom. The van der Waals surface area contributed by atoms with Gasteiger partial charge in [0.15, 0.2) is 0 Å². The summed E-state index contributed by atoms with van der Waals surface area (Å²) >= 11 is 0. The van der Waals surface area contributed by atoms with Crippen LogP contribution in [0.5, 0.6) is 0 Å². The van der Waals surface area contributed by atoms with Gasteiger partial charge in [0.1, 0.15) is 28.5 Å². The third-order valence-corrected chi connectivity index (χ3v) is 8.47. The molecule has 220 valence electrons. The summed E-state index contributed by atoms with van der Waals surface area (Å²) in [5.74, 6) is 2.59. The second-order valence-corrected chi connectivity index (χ2v) is 11.3. The lowest BCUT2D eigenvalue weighted by atomic mass is 10.0. The summed E-state index contributed by atoms with van der Waals surface area (Å²) in [5.41, 5.74) is 5.42. The number of halogens is 3. The summed E-state index contributed by atoms with van der Waals surface area (Å²) in [6.45, 7) is 7.68. The zero-order valence-electron chi connectivity index (χ0n) is 23.6. The van der Waals surface area contributed by atoms with Crippen LogP contribution in [0.25, 0.3) is 21.9 Å². The predicted octanol–water partition coefficient (Wildman–Crippen LogP) is 7.35. The number of benzene rings is 2. The highest BCUT2D eigenvalue weighted by atomic mass is 19.4. The molecule has 2 aromatic carbocycles. The molecule has 0 spiro atoms. The minimum atomic E-state index is -4.42. The summed E-state index contributed by atoms with van der Waals surface area (Å²) in [4.78, 5) is 10.8. The van der Waals surface area contributed by atoms with Crippen LogP contribution in [0.15, 0.2) is 99.9 Å². The second kappa shape index (κ2) is 11.0. The fourth-order valence-corrected chi connectivity index (χ4v) is 6.36. The van der Waals surface area contributed by atoms with Crippen molar-refractivity contribution in [3.05, 3.63) is 119 Å². The first kappa shape index (κ1) is 27.4. The van der Waals surface area contributed by atoms with Crippen molar-refractivity contribution in [1.29, 1.82) is 0 Å². The maximum absolute atomic E-state index is 13.4. The Morgan fingerprint density at radius 3 is 2.19 bits per heavy atom. The minimum absolute atomic E-state index is 0.181. The van der Waals surface area contributed by atoms with Gasteiger partial charge in [0, 0.05) is 61.3 Å². The first-order valence-corrected chi connectivity index (χ1v) is 14.5. The van der Waals surface area contributed by atoms with Crippen molar-refractivity contribution in [3.8, 4) is 0 Å². The largest absolute Gasteiger partial charge is 0.460 e. The summed E-state index contributed by atoms with van der Waals surface area (Å²) < 4.78 is 52.5. The van der Waals surface area contributed by atoms with E-state index in [1.807, 2.05) is 48.5 Å². The maximum Gasteiger partial charge on any atom is 0.417 e. The Bertz CT molecular complexity index is 1690. The molecule has 2 aliphatic heterocycles. The molecule has 0 aliphatic carbocycles. The number of nitrogens with zero attached hydrogens (tertiary/aromatic N) is 4. The topological polar surface area (TPSA) is 48.9 Å². The fraction of sp³-hybridized carbons (Fsp3) is 0.294. The number of pyridine rings is 1. The number of para-hydroxylation sites is 2. The van der Waals surface area contributed by atoms with Gasteiger partial charge in [0.2, 0.25) is 0 Å². The number of alkyl halides is 3. The molecule has 6 nitrogen and oxygen atoms in total. The smallest absolute Gasteiger partial charge is 0.417 e. The van der Waals surface area contributed by atoms with Crippen LogP contribution in [-0.4, -0.2) is 45.4 Å². The molecule has 43 heavy (non-hydrogen) atoms. The number of hydrogen-bond acceptors (Lipinski definition) is 6. The van der Waals surface area contributed by atoms with Crippen molar-refractivity contribution in [3.63, 3.8) is 0 Å². The van der Waals surface area contributed by atoms with Gasteiger partial charge in [0.25, 0.3) is 0 Å². The highest BCUT2D eigenvalue weighted by molar-refractivity contribution is 5.78. The molecule has 5 heterocycles. The van der Waals surface area contributed by atoms with Gasteiger partial charge in [-0.1, -0.05) is 48.7 Å². The average Bonchev–Trinajstić information content (AvgIpc) is 3.74. The standard InChI is InChI=1S/C34H31F3N4O2/c1-2-33(39-14-12-30-25(19-39)15-26(18-38-30)34(35,36)37)40-13-11-27(20-40)41(21-28-16-23-7-3-5-9-31(23)42-28)22-29-17-24-8-4-6-10-32(24)43-29/h3-10,15-18,27H,1,11-14,19-22H2. The summed E-state index contributed by atoms with van der Waals surface area (Å²) in [6, 6.07) is 21.6. The lowest BCUT2D eigenvalue weighted by Gasteiger charge is -2.36. The van der Waals surface area contributed by atoms with Crippen molar-refractivity contribution in [2.75, 3.05) is 19.6 Å².